The van der Waals surface area contributed by atoms with E-state index in [0.29, 0.717) is 36.5 Å². The smallest absolute Gasteiger partial charge is 0.303 e. The zero-order valence-electron chi connectivity index (χ0n) is 19.3. The molecule has 0 spiro atoms. The van der Waals surface area contributed by atoms with Gasteiger partial charge in [-0.25, -0.2) is 0 Å². The first-order chi connectivity index (χ1) is 14.0. The molecule has 0 aromatic carbocycles. The summed E-state index contributed by atoms with van der Waals surface area (Å²) in [7, 11) is 0. The van der Waals surface area contributed by atoms with E-state index in [-0.39, 0.29) is 34.7 Å². The Morgan fingerprint density at radius 3 is 2.10 bits per heavy atom. The summed E-state index contributed by atoms with van der Waals surface area (Å²) < 4.78 is 11.4. The normalized spacial score (nSPS) is 47.4. The minimum absolute atomic E-state index is 0.00175. The first kappa shape index (κ1) is 21.8. The highest BCUT2D eigenvalue weighted by Gasteiger charge is 2.63. The fourth-order valence-electron chi connectivity index (χ4n) is 8.34. The average molecular weight is 419 g/mol. The van der Waals surface area contributed by atoms with Crippen LogP contribution in [0.25, 0.3) is 0 Å². The van der Waals surface area contributed by atoms with Crippen LogP contribution in [0, 0.1) is 34.5 Å². The summed E-state index contributed by atoms with van der Waals surface area (Å²) in [4.78, 5) is 35.9. The van der Waals surface area contributed by atoms with E-state index >= 15 is 0 Å². The highest BCUT2D eigenvalue weighted by Crippen LogP contribution is 2.67. The number of Topliss-reactive ketones (excluding diaryl/α,β-unsaturated/α-hetero) is 1. The first-order valence-corrected chi connectivity index (χ1v) is 11.9. The Kier molecular flexibility index (Phi) is 5.34. The molecule has 168 valence electrons. The van der Waals surface area contributed by atoms with Crippen LogP contribution in [-0.2, 0) is 23.9 Å². The Balaban J connectivity index is 1.56. The van der Waals surface area contributed by atoms with Gasteiger partial charge in [-0.1, -0.05) is 13.8 Å². The molecule has 4 aliphatic rings. The van der Waals surface area contributed by atoms with Gasteiger partial charge in [0.15, 0.2) is 11.4 Å². The van der Waals surface area contributed by atoms with Crippen molar-refractivity contribution >= 4 is 17.7 Å². The maximum Gasteiger partial charge on any atom is 0.303 e. The monoisotopic (exact) mass is 418 g/mol. The summed E-state index contributed by atoms with van der Waals surface area (Å²) in [5, 5.41) is 0. The molecule has 30 heavy (non-hydrogen) atoms. The second-order valence-corrected chi connectivity index (χ2v) is 11.2. The van der Waals surface area contributed by atoms with Crippen LogP contribution in [0.2, 0.25) is 0 Å². The molecular weight excluding hydrogens is 380 g/mol. The van der Waals surface area contributed by atoms with Gasteiger partial charge in [0.05, 0.1) is 0 Å². The van der Waals surface area contributed by atoms with Crippen LogP contribution < -0.4 is 0 Å². The number of carbonyl (C=O) groups excluding carboxylic acids is 3. The fourth-order valence-corrected chi connectivity index (χ4v) is 8.34. The van der Waals surface area contributed by atoms with E-state index in [1.54, 1.807) is 6.92 Å². The zero-order valence-corrected chi connectivity index (χ0v) is 19.3. The number of rotatable bonds is 3. The molecule has 0 bridgehead atoms. The van der Waals surface area contributed by atoms with Crippen LogP contribution in [0.3, 0.4) is 0 Å². The second kappa shape index (κ2) is 7.34. The van der Waals surface area contributed by atoms with Gasteiger partial charge >= 0.3 is 11.9 Å². The summed E-state index contributed by atoms with van der Waals surface area (Å²) >= 11 is 0. The predicted octanol–water partition coefficient (Wildman–Crippen LogP) is 4.85. The van der Waals surface area contributed by atoms with Gasteiger partial charge in [-0.3, -0.25) is 14.4 Å². The van der Waals surface area contributed by atoms with Crippen LogP contribution in [0.4, 0.5) is 0 Å². The molecule has 0 aromatic rings. The van der Waals surface area contributed by atoms with Crippen LogP contribution in [0.1, 0.15) is 92.4 Å². The number of ketones is 1. The molecule has 0 radical (unpaired) electrons. The van der Waals surface area contributed by atoms with Crippen molar-refractivity contribution in [3.8, 4) is 0 Å². The van der Waals surface area contributed by atoms with Gasteiger partial charge in [0, 0.05) is 19.3 Å². The SMILES string of the molecule is CC(=O)O[C@H]1CC[C@@H]2[C@@H]3CC[C@H]4C[C@@](OC(C)=O)(C(C)=O)CC[C@]4(C)[C@@H]3CC[C@]12C. The van der Waals surface area contributed by atoms with Gasteiger partial charge in [-0.2, -0.15) is 0 Å². The van der Waals surface area contributed by atoms with Crippen LogP contribution in [0.5, 0.6) is 0 Å². The van der Waals surface area contributed by atoms with Gasteiger partial charge in [-0.05, 0) is 93.8 Å². The van der Waals surface area contributed by atoms with E-state index in [2.05, 4.69) is 13.8 Å². The lowest BCUT2D eigenvalue weighted by Crippen LogP contribution is -2.58. The number of ether oxygens (including phenoxy) is 2. The van der Waals surface area contributed by atoms with E-state index in [4.69, 9.17) is 9.47 Å². The minimum atomic E-state index is -0.917. The van der Waals surface area contributed by atoms with E-state index in [0.717, 1.165) is 32.1 Å². The Morgan fingerprint density at radius 2 is 1.47 bits per heavy atom. The van der Waals surface area contributed by atoms with Gasteiger partial charge in [0.1, 0.15) is 6.10 Å². The summed E-state index contributed by atoms with van der Waals surface area (Å²) in [6.45, 7) is 9.31. The lowest BCUT2D eigenvalue weighted by molar-refractivity contribution is -0.188. The standard InChI is InChI=1S/C25H38O5/c1-15(26)25(30-17(3)28)13-12-23(4)18(14-25)6-7-19-20-8-9-22(29-16(2)27)24(20,5)11-10-21(19)23/h18-22H,6-14H2,1-5H3/t18-,19-,20+,21+,22-,23-,24-,25+/m0/s1. The molecule has 0 N–H and O–H groups in total. The molecule has 0 unspecified atom stereocenters. The molecule has 5 nitrogen and oxygen atoms in total. The molecule has 0 amide bonds. The van der Waals surface area contributed by atoms with Gasteiger partial charge in [0.25, 0.3) is 0 Å². The number of hydrogen-bond donors (Lipinski definition) is 0. The lowest BCUT2D eigenvalue weighted by atomic mass is 9.44. The molecule has 4 rings (SSSR count). The summed E-state index contributed by atoms with van der Waals surface area (Å²) in [6.07, 6.45) is 9.03. The van der Waals surface area contributed by atoms with Gasteiger partial charge < -0.3 is 9.47 Å². The van der Waals surface area contributed by atoms with E-state index in [9.17, 15) is 14.4 Å². The number of esters is 2. The molecule has 0 aliphatic heterocycles. The number of hydrogen-bond acceptors (Lipinski definition) is 5. The van der Waals surface area contributed by atoms with Crippen molar-refractivity contribution in [3.05, 3.63) is 0 Å². The molecule has 0 saturated heterocycles. The lowest BCUT2D eigenvalue weighted by Gasteiger charge is -2.61. The quantitative estimate of drug-likeness (QED) is 0.613. The predicted molar refractivity (Wildman–Crippen MR) is 112 cm³/mol. The van der Waals surface area contributed by atoms with E-state index < -0.39 is 5.60 Å². The minimum Gasteiger partial charge on any atom is -0.462 e. The largest absolute Gasteiger partial charge is 0.462 e. The zero-order chi connectivity index (χ0) is 21.9. The van der Waals surface area contributed by atoms with Crippen molar-refractivity contribution in [3.63, 3.8) is 0 Å². The van der Waals surface area contributed by atoms with Gasteiger partial charge in [-0.15, -0.1) is 0 Å². The van der Waals surface area contributed by atoms with Gasteiger partial charge in [0.2, 0.25) is 0 Å². The molecule has 4 fully saturated rings. The van der Waals surface area contributed by atoms with Crippen LogP contribution in [0.15, 0.2) is 0 Å². The van der Waals surface area contributed by atoms with Crippen molar-refractivity contribution in [1.82, 2.24) is 0 Å². The summed E-state index contributed by atoms with van der Waals surface area (Å²) in [6, 6.07) is 0. The fraction of sp³-hybridized carbons (Fsp3) is 0.880. The Labute approximate surface area is 180 Å². The van der Waals surface area contributed by atoms with Crippen molar-refractivity contribution in [2.75, 3.05) is 0 Å². The van der Waals surface area contributed by atoms with Crippen molar-refractivity contribution < 1.29 is 23.9 Å². The highest BCUT2D eigenvalue weighted by atomic mass is 16.6. The third kappa shape index (κ3) is 3.22. The van der Waals surface area contributed by atoms with E-state index in [1.807, 2.05) is 0 Å². The number of carbonyl (C=O) groups is 3. The second-order valence-electron chi connectivity index (χ2n) is 11.2. The number of fused-ring (bicyclic) bond motifs is 5. The molecule has 4 saturated carbocycles. The van der Waals surface area contributed by atoms with E-state index in [1.165, 1.54) is 26.7 Å². The molecule has 5 heteroatoms. The Morgan fingerprint density at radius 1 is 0.767 bits per heavy atom. The average Bonchev–Trinajstić information content (AvgIpc) is 2.97. The first-order valence-electron chi connectivity index (χ1n) is 11.9. The van der Waals surface area contributed by atoms with Crippen molar-refractivity contribution in [1.29, 1.82) is 0 Å². The van der Waals surface area contributed by atoms with Crippen molar-refractivity contribution in [2.45, 2.75) is 104 Å². The molecular formula is C25H38O5. The third-order valence-electron chi connectivity index (χ3n) is 9.91. The Hall–Kier alpha value is -1.39. The maximum atomic E-state index is 12.5. The molecule has 4 aliphatic carbocycles. The molecule has 8 atom stereocenters. The topological polar surface area (TPSA) is 69.7 Å². The van der Waals surface area contributed by atoms with Crippen LogP contribution in [-0.4, -0.2) is 29.4 Å². The highest BCUT2D eigenvalue weighted by molar-refractivity contribution is 5.87. The van der Waals surface area contributed by atoms with Crippen molar-refractivity contribution in [2.24, 2.45) is 34.5 Å². The Bertz CT molecular complexity index is 746. The molecule has 0 heterocycles. The van der Waals surface area contributed by atoms with Crippen LogP contribution >= 0.6 is 0 Å². The molecule has 0 aromatic heterocycles. The summed E-state index contributed by atoms with van der Waals surface area (Å²) in [5.74, 6) is 1.85. The third-order valence-corrected chi connectivity index (χ3v) is 9.91. The summed E-state index contributed by atoms with van der Waals surface area (Å²) in [5.41, 5.74) is -0.617. The maximum absolute atomic E-state index is 12.5.